The summed E-state index contributed by atoms with van der Waals surface area (Å²) in [4.78, 5) is 66.6. The molecule has 0 bridgehead atoms. The Labute approximate surface area is 357 Å². The van der Waals surface area contributed by atoms with Gasteiger partial charge in [0.15, 0.2) is 5.78 Å². The van der Waals surface area contributed by atoms with E-state index in [0.717, 1.165) is 56.9 Å². The molecule has 6 aliphatic carbocycles. The van der Waals surface area contributed by atoms with Crippen LogP contribution in [0.3, 0.4) is 0 Å². The van der Waals surface area contributed by atoms with E-state index in [1.807, 2.05) is 27.7 Å². The van der Waals surface area contributed by atoms with Crippen LogP contribution >= 0.6 is 0 Å². The van der Waals surface area contributed by atoms with E-state index in [1.165, 1.54) is 29.8 Å². The van der Waals surface area contributed by atoms with Crippen molar-refractivity contribution in [3.63, 3.8) is 0 Å². The number of fused-ring (bicyclic) bond motifs is 7. The molecule has 1 aromatic carbocycles. The van der Waals surface area contributed by atoms with Crippen LogP contribution in [0.25, 0.3) is 0 Å². The van der Waals surface area contributed by atoms with Crippen LogP contribution in [0.5, 0.6) is 0 Å². The number of benzene rings is 1. The average molecular weight is 831 g/mol. The number of carbonyl (C=O) groups is 5. The van der Waals surface area contributed by atoms with Crippen LogP contribution in [0.15, 0.2) is 35.4 Å². The molecule has 10 atom stereocenters. The van der Waals surface area contributed by atoms with Gasteiger partial charge in [-0.3, -0.25) is 24.0 Å². The minimum atomic E-state index is -0.846. The van der Waals surface area contributed by atoms with Gasteiger partial charge in [-0.2, -0.15) is 0 Å². The summed E-state index contributed by atoms with van der Waals surface area (Å²) in [6.45, 7) is 24.0. The summed E-state index contributed by atoms with van der Waals surface area (Å²) in [7, 11) is 0. The van der Waals surface area contributed by atoms with E-state index in [2.05, 4.69) is 59.1 Å². The number of esters is 1. The molecule has 0 heterocycles. The smallest absolute Gasteiger partial charge is 0.309 e. The van der Waals surface area contributed by atoms with Gasteiger partial charge < -0.3 is 20.5 Å². The molecule has 10 heteroatoms. The van der Waals surface area contributed by atoms with Gasteiger partial charge in [0.1, 0.15) is 11.9 Å². The van der Waals surface area contributed by atoms with Crippen LogP contribution in [0.4, 0.5) is 4.39 Å². The highest BCUT2D eigenvalue weighted by Crippen LogP contribution is 2.77. The van der Waals surface area contributed by atoms with Gasteiger partial charge in [0.25, 0.3) is 5.91 Å². The standard InChI is InChI=1S/C50H71FN2O7/c1-28(2)39-34(54)25-50(26-38(55)52-27-44(3,4)53-41(56)29-12-14-30(51)15-13-29)23-22-48(10)31(40(39)50)16-17-36-47(9)20-19-37(46(7,8)35(47)18-21-49(36,48)11)60-43(59)33-24-32(42(57)58)45(33,5)6/h12-15,28,31-33,35-37H,16-27H2,1-11H3,(H,52,55)(H,53,56)(H,57,58)/t31-,32+,33-,35+,36-,37+,47+,48-,49-,50+/m1/s1. The first-order chi connectivity index (χ1) is 27.7. The highest BCUT2D eigenvalue weighted by atomic mass is 19.1. The molecule has 330 valence electrons. The van der Waals surface area contributed by atoms with Crippen LogP contribution in [-0.4, -0.2) is 52.8 Å². The molecule has 0 unspecified atom stereocenters. The van der Waals surface area contributed by atoms with Crippen molar-refractivity contribution in [1.82, 2.24) is 10.6 Å². The Morgan fingerprint density at radius 1 is 0.850 bits per heavy atom. The van der Waals surface area contributed by atoms with Crippen molar-refractivity contribution in [3.8, 4) is 0 Å². The number of Topliss-reactive ketones (excluding diaryl/α,β-unsaturated/α-hetero) is 1. The zero-order chi connectivity index (χ0) is 44.2. The molecule has 7 rings (SSSR count). The van der Waals surface area contributed by atoms with E-state index < -0.39 is 40.0 Å². The molecular formula is C50H71FN2O7. The van der Waals surface area contributed by atoms with Crippen LogP contribution in [0.1, 0.15) is 157 Å². The summed E-state index contributed by atoms with van der Waals surface area (Å²) in [5.41, 5.74) is 0.332. The lowest BCUT2D eigenvalue weighted by Gasteiger charge is -2.72. The van der Waals surface area contributed by atoms with Gasteiger partial charge >= 0.3 is 11.9 Å². The predicted molar refractivity (Wildman–Crippen MR) is 228 cm³/mol. The number of hydrogen-bond acceptors (Lipinski definition) is 6. The molecule has 9 nitrogen and oxygen atoms in total. The number of hydrogen-bond donors (Lipinski definition) is 3. The second-order valence-electron chi connectivity index (χ2n) is 23.1. The van der Waals surface area contributed by atoms with E-state index in [9.17, 15) is 33.5 Å². The number of ether oxygens (including phenoxy) is 1. The largest absolute Gasteiger partial charge is 0.481 e. The predicted octanol–water partition coefficient (Wildman–Crippen LogP) is 9.48. The molecule has 0 aromatic heterocycles. The normalized spacial score (nSPS) is 37.8. The molecule has 3 N–H and O–H groups in total. The molecule has 0 spiro atoms. The van der Waals surface area contributed by atoms with Crippen molar-refractivity contribution in [2.75, 3.05) is 6.54 Å². The lowest BCUT2D eigenvalue weighted by molar-refractivity contribution is -0.236. The van der Waals surface area contributed by atoms with Crippen LogP contribution in [0, 0.1) is 73.8 Å². The number of carbonyl (C=O) groups excluding carboxylic acids is 4. The molecule has 0 radical (unpaired) electrons. The van der Waals surface area contributed by atoms with Gasteiger partial charge in [-0.1, -0.05) is 67.9 Å². The monoisotopic (exact) mass is 831 g/mol. The zero-order valence-corrected chi connectivity index (χ0v) is 38.1. The number of carboxylic acids is 1. The Morgan fingerprint density at radius 2 is 1.52 bits per heavy atom. The number of carboxylic acid groups (broad SMARTS) is 1. The van der Waals surface area contributed by atoms with Crippen molar-refractivity contribution in [3.05, 3.63) is 46.8 Å². The minimum Gasteiger partial charge on any atom is -0.481 e. The number of rotatable bonds is 10. The summed E-state index contributed by atoms with van der Waals surface area (Å²) in [6, 6.07) is 5.38. The van der Waals surface area contributed by atoms with Gasteiger partial charge in [-0.05, 0) is 147 Å². The third-order valence-electron chi connectivity index (χ3n) is 18.4. The van der Waals surface area contributed by atoms with Crippen molar-refractivity contribution >= 4 is 29.5 Å². The van der Waals surface area contributed by atoms with Gasteiger partial charge in [-0.25, -0.2) is 4.39 Å². The molecule has 2 amide bonds. The summed E-state index contributed by atoms with van der Waals surface area (Å²) in [6.07, 6.45) is 8.29. The van der Waals surface area contributed by atoms with Gasteiger partial charge in [-0.15, -0.1) is 0 Å². The Morgan fingerprint density at radius 3 is 2.13 bits per heavy atom. The number of nitrogens with one attached hydrogen (secondary N) is 2. The van der Waals surface area contributed by atoms with Gasteiger partial charge in [0.05, 0.1) is 17.4 Å². The zero-order valence-electron chi connectivity index (χ0n) is 38.1. The minimum absolute atomic E-state index is 0.00442. The van der Waals surface area contributed by atoms with Crippen molar-refractivity contribution in [2.24, 2.45) is 68.0 Å². The third kappa shape index (κ3) is 6.87. The van der Waals surface area contributed by atoms with Gasteiger partial charge in [0, 0.05) is 35.8 Å². The summed E-state index contributed by atoms with van der Waals surface area (Å²) in [5, 5.41) is 15.8. The Kier molecular flexibility index (Phi) is 11.0. The molecule has 5 saturated carbocycles. The van der Waals surface area contributed by atoms with Crippen LogP contribution < -0.4 is 10.6 Å². The first-order valence-corrected chi connectivity index (χ1v) is 22.8. The summed E-state index contributed by atoms with van der Waals surface area (Å²) in [5.74, 6) is -1.67. The van der Waals surface area contributed by atoms with Crippen molar-refractivity contribution in [2.45, 2.75) is 158 Å². The Hall–Kier alpha value is -3.56. The van der Waals surface area contributed by atoms with Crippen LogP contribution in [0.2, 0.25) is 0 Å². The fraction of sp³-hybridized carbons (Fsp3) is 0.740. The maximum absolute atomic E-state index is 14.1. The number of allylic oxidation sites excluding steroid dienone is 2. The topological polar surface area (TPSA) is 139 Å². The van der Waals surface area contributed by atoms with E-state index in [4.69, 9.17) is 4.74 Å². The second kappa shape index (κ2) is 14.8. The number of aliphatic carboxylic acids is 1. The molecule has 0 saturated heterocycles. The number of ketones is 1. The summed E-state index contributed by atoms with van der Waals surface area (Å²) < 4.78 is 19.9. The third-order valence-corrected chi connectivity index (χ3v) is 18.4. The molecule has 5 fully saturated rings. The quantitative estimate of drug-likeness (QED) is 0.200. The maximum atomic E-state index is 14.1. The van der Waals surface area contributed by atoms with Crippen LogP contribution in [-0.2, 0) is 23.9 Å². The van der Waals surface area contributed by atoms with E-state index in [-0.39, 0.29) is 76.1 Å². The molecule has 6 aliphatic rings. The fourth-order valence-corrected chi connectivity index (χ4v) is 14.8. The summed E-state index contributed by atoms with van der Waals surface area (Å²) >= 11 is 0. The van der Waals surface area contributed by atoms with E-state index >= 15 is 0 Å². The Balaban J connectivity index is 1.08. The first kappa shape index (κ1) is 44.5. The molecule has 0 aliphatic heterocycles. The highest BCUT2D eigenvalue weighted by Gasteiger charge is 2.70. The second-order valence-corrected chi connectivity index (χ2v) is 23.1. The SMILES string of the molecule is CC(C)C1=C2[C@H]3CC[C@@H]4[C@@]5(C)CC[C@H](OC(=O)[C@H]6C[C@@H](C(=O)O)C6(C)C)C(C)(C)[C@@H]5CC[C@@]4(C)[C@]3(C)CC[C@@]2(CC(=O)NCC(C)(C)NC(=O)c2ccc(F)cc2)CC1=O. The lowest BCUT2D eigenvalue weighted by atomic mass is 9.33. The first-order valence-electron chi connectivity index (χ1n) is 22.8. The molecule has 1 aromatic rings. The van der Waals surface area contributed by atoms with Crippen molar-refractivity contribution in [1.29, 1.82) is 0 Å². The highest BCUT2D eigenvalue weighted by molar-refractivity contribution is 6.01. The van der Waals surface area contributed by atoms with E-state index in [0.29, 0.717) is 30.2 Å². The number of amides is 2. The van der Waals surface area contributed by atoms with Crippen molar-refractivity contribution < 1.29 is 38.2 Å². The fourth-order valence-electron chi connectivity index (χ4n) is 14.8. The number of halogens is 1. The average Bonchev–Trinajstić information content (AvgIpc) is 3.43. The van der Waals surface area contributed by atoms with Gasteiger partial charge in [0.2, 0.25) is 5.91 Å². The van der Waals surface area contributed by atoms with E-state index in [1.54, 1.807) is 0 Å². The molecular weight excluding hydrogens is 760 g/mol. The molecule has 60 heavy (non-hydrogen) atoms. The lowest BCUT2D eigenvalue weighted by Crippen LogP contribution is -2.66. The Bertz CT molecular complexity index is 1980. The maximum Gasteiger partial charge on any atom is 0.309 e.